The molecule has 3 heterocycles. The predicted molar refractivity (Wildman–Crippen MR) is 109 cm³/mol. The number of nitrogens with one attached hydrogen (secondary N) is 1. The van der Waals surface area contributed by atoms with Crippen LogP contribution in [0.15, 0.2) is 52.9 Å². The van der Waals surface area contributed by atoms with E-state index in [0.29, 0.717) is 17.9 Å². The molecule has 1 N–H and O–H groups in total. The van der Waals surface area contributed by atoms with Gasteiger partial charge in [0.15, 0.2) is 11.5 Å². The van der Waals surface area contributed by atoms with Crippen molar-refractivity contribution in [2.24, 2.45) is 0 Å². The lowest BCUT2D eigenvalue weighted by Crippen LogP contribution is -2.24. The Labute approximate surface area is 170 Å². The summed E-state index contributed by atoms with van der Waals surface area (Å²) >= 11 is 3.00. The topological polar surface area (TPSA) is 85.1 Å². The van der Waals surface area contributed by atoms with Crippen molar-refractivity contribution in [1.82, 2.24) is 30.1 Å². The van der Waals surface area contributed by atoms with Crippen LogP contribution in [0.25, 0.3) is 5.65 Å². The molecule has 0 saturated carbocycles. The number of fused-ring (bicyclic) bond motifs is 1. The molecule has 0 aliphatic carbocycles. The lowest BCUT2D eigenvalue weighted by atomic mass is 10.2. The van der Waals surface area contributed by atoms with Crippen molar-refractivity contribution in [1.29, 1.82) is 0 Å². The van der Waals surface area contributed by atoms with Crippen LogP contribution in [0.4, 0.5) is 0 Å². The summed E-state index contributed by atoms with van der Waals surface area (Å²) in [6.45, 7) is 2.27. The van der Waals surface area contributed by atoms with Crippen molar-refractivity contribution in [3.05, 3.63) is 69.9 Å². The highest BCUT2D eigenvalue weighted by Crippen LogP contribution is 2.16. The monoisotopic (exact) mass is 410 g/mol. The summed E-state index contributed by atoms with van der Waals surface area (Å²) in [4.78, 5) is 16.8. The predicted octanol–water partition coefficient (Wildman–Crippen LogP) is 2.89. The Balaban J connectivity index is 1.26. The van der Waals surface area contributed by atoms with Crippen LogP contribution >= 0.6 is 23.1 Å². The van der Waals surface area contributed by atoms with Gasteiger partial charge in [0.2, 0.25) is 5.91 Å². The van der Waals surface area contributed by atoms with E-state index in [-0.39, 0.29) is 5.91 Å². The van der Waals surface area contributed by atoms with E-state index in [1.165, 1.54) is 17.3 Å². The molecule has 0 unspecified atom stereocenters. The van der Waals surface area contributed by atoms with Gasteiger partial charge in [0.1, 0.15) is 5.03 Å². The Kier molecular flexibility index (Phi) is 5.63. The van der Waals surface area contributed by atoms with Crippen LogP contribution in [0.2, 0.25) is 0 Å². The first-order chi connectivity index (χ1) is 13.7. The first kappa shape index (κ1) is 18.6. The molecule has 1 amide bonds. The smallest absolute Gasteiger partial charge is 0.230 e. The molecule has 4 aromatic rings. The molecule has 0 spiro atoms. The van der Waals surface area contributed by atoms with Gasteiger partial charge in [-0.05, 0) is 24.6 Å². The molecule has 7 nitrogen and oxygen atoms in total. The number of amides is 1. The van der Waals surface area contributed by atoms with Gasteiger partial charge in [0.25, 0.3) is 0 Å². The van der Waals surface area contributed by atoms with E-state index in [2.05, 4.69) is 37.7 Å². The molecule has 0 saturated heterocycles. The average molecular weight is 411 g/mol. The number of carbonyl (C=O) groups excluding carboxylic acids is 1. The van der Waals surface area contributed by atoms with Gasteiger partial charge in [-0.2, -0.15) is 9.61 Å². The van der Waals surface area contributed by atoms with Crippen LogP contribution in [0.1, 0.15) is 22.1 Å². The zero-order valence-corrected chi connectivity index (χ0v) is 16.8. The van der Waals surface area contributed by atoms with Gasteiger partial charge in [0, 0.05) is 11.8 Å². The minimum Gasteiger partial charge on any atom is -0.350 e. The van der Waals surface area contributed by atoms with Crippen LogP contribution in [0, 0.1) is 6.92 Å². The summed E-state index contributed by atoms with van der Waals surface area (Å²) in [7, 11) is 0. The highest BCUT2D eigenvalue weighted by atomic mass is 32.2. The van der Waals surface area contributed by atoms with E-state index in [1.807, 2.05) is 42.6 Å². The van der Waals surface area contributed by atoms with Crippen LogP contribution in [-0.2, 0) is 17.8 Å². The Bertz CT molecular complexity index is 1090. The first-order valence-corrected chi connectivity index (χ1v) is 10.6. The van der Waals surface area contributed by atoms with E-state index >= 15 is 0 Å². The van der Waals surface area contributed by atoms with Gasteiger partial charge in [-0.1, -0.05) is 42.1 Å². The minimum atomic E-state index is -0.0509. The van der Waals surface area contributed by atoms with E-state index < -0.39 is 0 Å². The molecule has 3 aromatic heterocycles. The highest BCUT2D eigenvalue weighted by Gasteiger charge is 2.09. The molecule has 0 radical (unpaired) electrons. The number of nitrogens with zero attached hydrogens (tertiary/aromatic N) is 5. The van der Waals surface area contributed by atoms with Crippen molar-refractivity contribution < 1.29 is 4.79 Å². The van der Waals surface area contributed by atoms with Crippen molar-refractivity contribution in [2.45, 2.75) is 24.9 Å². The second-order valence-corrected chi connectivity index (χ2v) is 8.09. The molecular weight excluding hydrogens is 392 g/mol. The Hall–Kier alpha value is -2.78. The molecule has 28 heavy (non-hydrogen) atoms. The van der Waals surface area contributed by atoms with E-state index in [0.717, 1.165) is 28.0 Å². The molecule has 0 aliphatic heterocycles. The zero-order chi connectivity index (χ0) is 19.3. The number of benzene rings is 1. The molecule has 0 aliphatic rings. The number of hydrogen-bond donors (Lipinski definition) is 1. The third kappa shape index (κ3) is 4.55. The fourth-order valence-corrected chi connectivity index (χ4v) is 4.13. The number of thiazole rings is 1. The van der Waals surface area contributed by atoms with Gasteiger partial charge >= 0.3 is 0 Å². The minimum absolute atomic E-state index is 0.0509. The third-order valence-corrected chi connectivity index (χ3v) is 5.83. The van der Waals surface area contributed by atoms with Crippen LogP contribution < -0.4 is 5.32 Å². The molecular formula is C19H18N6OS2. The number of rotatable bonds is 7. The largest absolute Gasteiger partial charge is 0.350 e. The Morgan fingerprint density at radius 3 is 2.89 bits per heavy atom. The third-order valence-electron chi connectivity index (χ3n) is 4.01. The maximum atomic E-state index is 12.2. The molecule has 9 heteroatoms. The molecule has 0 atom stereocenters. The SMILES string of the molecule is Cc1nnc2ccc(SCC(=O)NCc3csc(Cc4ccccc4)n3)nn12. The molecule has 1 aromatic carbocycles. The van der Waals surface area contributed by atoms with Gasteiger partial charge in [0.05, 0.1) is 23.0 Å². The maximum Gasteiger partial charge on any atom is 0.230 e. The van der Waals surface area contributed by atoms with Crippen LogP contribution in [0.5, 0.6) is 0 Å². The van der Waals surface area contributed by atoms with Crippen LogP contribution in [0.3, 0.4) is 0 Å². The fourth-order valence-electron chi connectivity index (χ4n) is 2.62. The van der Waals surface area contributed by atoms with E-state index in [9.17, 15) is 4.79 Å². The van der Waals surface area contributed by atoms with Gasteiger partial charge in [-0.25, -0.2) is 4.98 Å². The summed E-state index contributed by atoms with van der Waals surface area (Å²) < 4.78 is 1.67. The van der Waals surface area contributed by atoms with Crippen LogP contribution in [-0.4, -0.2) is 36.5 Å². The lowest BCUT2D eigenvalue weighted by molar-refractivity contribution is -0.118. The summed E-state index contributed by atoms with van der Waals surface area (Å²) in [5.41, 5.74) is 2.81. The normalized spacial score (nSPS) is 11.0. The first-order valence-electron chi connectivity index (χ1n) is 8.73. The average Bonchev–Trinajstić information content (AvgIpc) is 3.32. The fraction of sp³-hybridized carbons (Fsp3) is 0.211. The van der Waals surface area contributed by atoms with Crippen molar-refractivity contribution in [3.63, 3.8) is 0 Å². The van der Waals surface area contributed by atoms with E-state index in [1.54, 1.807) is 15.9 Å². The Morgan fingerprint density at radius 2 is 2.04 bits per heavy atom. The summed E-state index contributed by atoms with van der Waals surface area (Å²) in [5, 5.41) is 19.1. The number of aromatic nitrogens is 5. The van der Waals surface area contributed by atoms with Gasteiger partial charge in [-0.15, -0.1) is 21.5 Å². The number of hydrogen-bond acceptors (Lipinski definition) is 7. The summed E-state index contributed by atoms with van der Waals surface area (Å²) in [6.07, 6.45) is 0.811. The molecule has 4 rings (SSSR count). The zero-order valence-electron chi connectivity index (χ0n) is 15.2. The summed E-state index contributed by atoms with van der Waals surface area (Å²) in [5.74, 6) is 0.961. The Morgan fingerprint density at radius 1 is 1.18 bits per heavy atom. The summed E-state index contributed by atoms with van der Waals surface area (Å²) in [6, 6.07) is 13.9. The number of carbonyl (C=O) groups is 1. The van der Waals surface area contributed by atoms with Crippen molar-refractivity contribution in [3.8, 4) is 0 Å². The van der Waals surface area contributed by atoms with Crippen molar-refractivity contribution in [2.75, 3.05) is 5.75 Å². The quantitative estimate of drug-likeness (QED) is 0.472. The molecule has 0 fully saturated rings. The van der Waals surface area contributed by atoms with Crippen molar-refractivity contribution >= 4 is 34.7 Å². The number of aryl methyl sites for hydroxylation is 1. The lowest BCUT2D eigenvalue weighted by Gasteiger charge is -2.04. The van der Waals surface area contributed by atoms with Gasteiger partial charge < -0.3 is 5.32 Å². The maximum absolute atomic E-state index is 12.2. The second kappa shape index (κ2) is 8.49. The molecule has 0 bridgehead atoms. The van der Waals surface area contributed by atoms with Gasteiger partial charge in [-0.3, -0.25) is 4.79 Å². The second-order valence-electron chi connectivity index (χ2n) is 6.15. The van der Waals surface area contributed by atoms with E-state index in [4.69, 9.17) is 0 Å². The standard InChI is InChI=1S/C19H18N6OS2/c1-13-22-23-16-7-8-18(24-25(13)16)28-12-17(26)20-10-15-11-27-19(21-15)9-14-5-3-2-4-6-14/h2-8,11H,9-10,12H2,1H3,(H,20,26). The highest BCUT2D eigenvalue weighted by molar-refractivity contribution is 7.99. The number of thioether (sulfide) groups is 1. The molecule has 142 valence electrons.